The van der Waals surface area contributed by atoms with E-state index in [9.17, 15) is 8.42 Å². The van der Waals surface area contributed by atoms with Gasteiger partial charge in [0, 0.05) is 18.8 Å². The molecule has 112 valence electrons. The zero-order valence-corrected chi connectivity index (χ0v) is 13.1. The topological polar surface area (TPSA) is 63.4 Å². The van der Waals surface area contributed by atoms with Crippen LogP contribution in [0, 0.1) is 0 Å². The van der Waals surface area contributed by atoms with Crippen molar-refractivity contribution in [3.8, 4) is 0 Å². The van der Waals surface area contributed by atoms with Crippen LogP contribution in [0.3, 0.4) is 0 Å². The molecule has 0 bridgehead atoms. The molecular formula is C15H24N2O2S. The Bertz CT molecular complexity index is 563. The Kier molecular flexibility index (Phi) is 4.58. The summed E-state index contributed by atoms with van der Waals surface area (Å²) in [5, 5.41) is 0. The van der Waals surface area contributed by atoms with Crippen molar-refractivity contribution in [3.63, 3.8) is 0 Å². The first-order chi connectivity index (χ1) is 9.45. The van der Waals surface area contributed by atoms with Gasteiger partial charge in [-0.3, -0.25) is 0 Å². The van der Waals surface area contributed by atoms with Gasteiger partial charge in [0.2, 0.25) is 0 Å². The van der Waals surface area contributed by atoms with E-state index in [-0.39, 0.29) is 4.90 Å². The number of hydrogen-bond acceptors (Lipinski definition) is 4. The molecule has 5 heteroatoms. The largest absolute Gasteiger partial charge is 0.396 e. The van der Waals surface area contributed by atoms with Crippen molar-refractivity contribution in [2.45, 2.75) is 50.0 Å². The van der Waals surface area contributed by atoms with Crippen LogP contribution in [0.2, 0.25) is 0 Å². The van der Waals surface area contributed by atoms with E-state index < -0.39 is 9.84 Å². The van der Waals surface area contributed by atoms with E-state index >= 15 is 0 Å². The lowest BCUT2D eigenvalue weighted by atomic mass is 9.93. The van der Waals surface area contributed by atoms with E-state index in [0.29, 0.717) is 11.7 Å². The van der Waals surface area contributed by atoms with Gasteiger partial charge in [-0.2, -0.15) is 0 Å². The first-order valence-corrected chi connectivity index (χ1v) is 9.19. The number of nitrogen functional groups attached to an aromatic ring is 1. The summed E-state index contributed by atoms with van der Waals surface area (Å²) in [6.45, 7) is 2.95. The molecule has 0 atom stereocenters. The molecule has 2 N–H and O–H groups in total. The van der Waals surface area contributed by atoms with Crippen LogP contribution in [0.5, 0.6) is 0 Å². The number of hydrogen-bond donors (Lipinski definition) is 1. The Labute approximate surface area is 121 Å². The van der Waals surface area contributed by atoms with E-state index in [1.54, 1.807) is 12.1 Å². The minimum absolute atomic E-state index is 0.240. The van der Waals surface area contributed by atoms with Crippen molar-refractivity contribution in [1.82, 2.24) is 0 Å². The van der Waals surface area contributed by atoms with E-state index in [1.165, 1.54) is 25.5 Å². The Morgan fingerprint density at radius 2 is 1.90 bits per heavy atom. The summed E-state index contributed by atoms with van der Waals surface area (Å²) in [5.41, 5.74) is 7.39. The third-order valence-corrected chi connectivity index (χ3v) is 5.26. The van der Waals surface area contributed by atoms with Gasteiger partial charge in [-0.15, -0.1) is 0 Å². The maximum atomic E-state index is 11.8. The Balaban J connectivity index is 2.39. The second-order valence-electron chi connectivity index (χ2n) is 5.54. The molecule has 0 aromatic heterocycles. The summed E-state index contributed by atoms with van der Waals surface area (Å²) in [4.78, 5) is 2.51. The highest BCUT2D eigenvalue weighted by atomic mass is 32.2. The maximum absolute atomic E-state index is 11.8. The van der Waals surface area contributed by atoms with Gasteiger partial charge < -0.3 is 10.6 Å². The second-order valence-corrected chi connectivity index (χ2v) is 7.52. The number of benzene rings is 1. The average Bonchev–Trinajstić information content (AvgIpc) is 2.41. The van der Waals surface area contributed by atoms with Gasteiger partial charge in [-0.1, -0.05) is 25.3 Å². The van der Waals surface area contributed by atoms with Crippen molar-refractivity contribution in [2.75, 3.05) is 23.4 Å². The van der Waals surface area contributed by atoms with Crippen LogP contribution in [0.1, 0.15) is 39.0 Å². The molecule has 0 radical (unpaired) electrons. The number of nitrogens with two attached hydrogens (primary N) is 1. The molecule has 1 aliphatic rings. The molecule has 0 saturated heterocycles. The van der Waals surface area contributed by atoms with Crippen LogP contribution >= 0.6 is 0 Å². The molecule has 2 rings (SSSR count). The van der Waals surface area contributed by atoms with E-state index in [2.05, 4.69) is 11.8 Å². The predicted octanol–water partition coefficient (Wildman–Crippen LogP) is 2.83. The molecule has 1 aromatic carbocycles. The molecule has 1 saturated carbocycles. The van der Waals surface area contributed by atoms with Crippen molar-refractivity contribution in [3.05, 3.63) is 18.2 Å². The number of anilines is 2. The molecule has 0 unspecified atom stereocenters. The molecule has 0 spiro atoms. The molecule has 0 heterocycles. The van der Waals surface area contributed by atoms with Gasteiger partial charge in [0.15, 0.2) is 9.84 Å². The van der Waals surface area contributed by atoms with Crippen LogP contribution in [-0.4, -0.2) is 27.3 Å². The van der Waals surface area contributed by atoms with E-state index in [0.717, 1.165) is 25.1 Å². The first kappa shape index (κ1) is 15.2. The van der Waals surface area contributed by atoms with Crippen LogP contribution in [0.25, 0.3) is 0 Å². The quantitative estimate of drug-likeness (QED) is 0.868. The van der Waals surface area contributed by atoms with Crippen molar-refractivity contribution in [1.29, 1.82) is 0 Å². The van der Waals surface area contributed by atoms with Crippen molar-refractivity contribution >= 4 is 21.2 Å². The first-order valence-electron chi connectivity index (χ1n) is 7.30. The smallest absolute Gasteiger partial charge is 0.177 e. The van der Waals surface area contributed by atoms with Crippen LogP contribution < -0.4 is 10.6 Å². The Morgan fingerprint density at radius 3 is 2.45 bits per heavy atom. The summed E-state index contributed by atoms with van der Waals surface area (Å²) in [7, 11) is -3.28. The molecule has 1 fully saturated rings. The summed E-state index contributed by atoms with van der Waals surface area (Å²) in [6.07, 6.45) is 7.32. The minimum Gasteiger partial charge on any atom is -0.396 e. The molecule has 20 heavy (non-hydrogen) atoms. The van der Waals surface area contributed by atoms with Crippen molar-refractivity contribution in [2.24, 2.45) is 0 Å². The highest BCUT2D eigenvalue weighted by molar-refractivity contribution is 7.90. The second kappa shape index (κ2) is 6.04. The lowest BCUT2D eigenvalue weighted by Crippen LogP contribution is -2.37. The molecule has 0 aliphatic heterocycles. The zero-order chi connectivity index (χ0) is 14.8. The standard InChI is InChI=1S/C15H24N2O2S/c1-3-17(12-8-5-4-6-9-12)13-10-7-11-14(15(13)16)20(2,18)19/h7,10-12H,3-6,8-9,16H2,1-2H3. The summed E-state index contributed by atoms with van der Waals surface area (Å²) in [5.74, 6) is 0. The van der Waals surface area contributed by atoms with Gasteiger partial charge in [0.05, 0.1) is 16.3 Å². The number of rotatable bonds is 4. The molecule has 4 nitrogen and oxygen atoms in total. The lowest BCUT2D eigenvalue weighted by Gasteiger charge is -2.36. The lowest BCUT2D eigenvalue weighted by molar-refractivity contribution is 0.418. The minimum atomic E-state index is -3.28. The van der Waals surface area contributed by atoms with Gasteiger partial charge in [0.1, 0.15) is 0 Å². The van der Waals surface area contributed by atoms with Gasteiger partial charge in [-0.05, 0) is 31.9 Å². The van der Waals surface area contributed by atoms with Crippen LogP contribution in [0.4, 0.5) is 11.4 Å². The highest BCUT2D eigenvalue weighted by Crippen LogP contribution is 2.34. The molecule has 1 aliphatic carbocycles. The van der Waals surface area contributed by atoms with E-state index in [1.807, 2.05) is 6.07 Å². The molecule has 0 amide bonds. The average molecular weight is 296 g/mol. The van der Waals surface area contributed by atoms with Crippen LogP contribution in [-0.2, 0) is 9.84 Å². The van der Waals surface area contributed by atoms with Crippen LogP contribution in [0.15, 0.2) is 23.1 Å². The summed E-state index contributed by atoms with van der Waals surface area (Å²) in [6, 6.07) is 5.78. The van der Waals surface area contributed by atoms with Gasteiger partial charge in [0.25, 0.3) is 0 Å². The Morgan fingerprint density at radius 1 is 1.25 bits per heavy atom. The normalized spacial score (nSPS) is 17.1. The fourth-order valence-electron chi connectivity index (χ4n) is 3.12. The SMILES string of the molecule is CCN(c1cccc(S(C)(=O)=O)c1N)C1CCCCC1. The summed E-state index contributed by atoms with van der Waals surface area (Å²) >= 11 is 0. The third-order valence-electron chi connectivity index (χ3n) is 4.11. The number of para-hydroxylation sites is 1. The number of nitrogens with zero attached hydrogens (tertiary/aromatic N) is 1. The van der Waals surface area contributed by atoms with Gasteiger partial charge in [-0.25, -0.2) is 8.42 Å². The highest BCUT2D eigenvalue weighted by Gasteiger charge is 2.24. The predicted molar refractivity (Wildman–Crippen MR) is 83.9 cm³/mol. The zero-order valence-electron chi connectivity index (χ0n) is 12.3. The maximum Gasteiger partial charge on any atom is 0.177 e. The Hall–Kier alpha value is -1.23. The fraction of sp³-hybridized carbons (Fsp3) is 0.600. The number of sulfone groups is 1. The summed E-state index contributed by atoms with van der Waals surface area (Å²) < 4.78 is 23.6. The molecule has 1 aromatic rings. The monoisotopic (exact) mass is 296 g/mol. The van der Waals surface area contributed by atoms with Crippen molar-refractivity contribution < 1.29 is 8.42 Å². The van der Waals surface area contributed by atoms with Gasteiger partial charge >= 0.3 is 0 Å². The third kappa shape index (κ3) is 3.08. The molecular weight excluding hydrogens is 272 g/mol. The van der Waals surface area contributed by atoms with E-state index in [4.69, 9.17) is 5.73 Å². The fourth-order valence-corrected chi connectivity index (χ4v) is 3.95.